The lowest BCUT2D eigenvalue weighted by atomic mass is 9.91. The van der Waals surface area contributed by atoms with Crippen LogP contribution >= 0.6 is 0 Å². The van der Waals surface area contributed by atoms with Gasteiger partial charge >= 0.3 is 5.97 Å². The van der Waals surface area contributed by atoms with Crippen molar-refractivity contribution in [3.8, 4) is 0 Å². The van der Waals surface area contributed by atoms with E-state index in [0.29, 0.717) is 0 Å². The van der Waals surface area contributed by atoms with Crippen LogP contribution in [0.5, 0.6) is 0 Å². The van der Waals surface area contributed by atoms with Crippen molar-refractivity contribution >= 4 is 5.97 Å². The first-order valence-electron chi connectivity index (χ1n) is 7.21. The van der Waals surface area contributed by atoms with Crippen molar-refractivity contribution in [2.75, 3.05) is 20.2 Å². The van der Waals surface area contributed by atoms with E-state index >= 15 is 0 Å². The largest absolute Gasteiger partial charge is 0.468 e. The summed E-state index contributed by atoms with van der Waals surface area (Å²) in [6, 6.07) is 8.06. The maximum atomic E-state index is 11.6. The van der Waals surface area contributed by atoms with Crippen LogP contribution in [-0.2, 0) is 16.1 Å². The summed E-state index contributed by atoms with van der Waals surface area (Å²) in [6.45, 7) is 4.96. The van der Waals surface area contributed by atoms with E-state index in [1.54, 1.807) is 0 Å². The summed E-state index contributed by atoms with van der Waals surface area (Å²) in [5.74, 6) is -0.103. The summed E-state index contributed by atoms with van der Waals surface area (Å²) >= 11 is 0. The summed E-state index contributed by atoms with van der Waals surface area (Å²) in [7, 11) is 1.40. The first-order valence-corrected chi connectivity index (χ1v) is 7.21. The molecule has 1 aliphatic rings. The molecule has 0 aromatic heterocycles. The van der Waals surface area contributed by atoms with Gasteiger partial charge in [-0.1, -0.05) is 29.8 Å². The van der Waals surface area contributed by atoms with E-state index in [2.05, 4.69) is 36.1 Å². The maximum Gasteiger partial charge on any atom is 0.322 e. The molecule has 4 nitrogen and oxygen atoms in total. The van der Waals surface area contributed by atoms with Crippen LogP contribution in [0.3, 0.4) is 0 Å². The standard InChI is InChI=1S/C16H24N2O2/c1-12-5-3-6-13(9-12)10-18-8-4-7-14(11-18)15(17)16(19)20-2/h3,5-6,9,14-15H,4,7-8,10-11,17H2,1-2H3. The number of methoxy groups -OCH3 is 1. The number of carbonyl (C=O) groups is 1. The quantitative estimate of drug-likeness (QED) is 0.851. The van der Waals surface area contributed by atoms with E-state index in [0.717, 1.165) is 32.5 Å². The Kier molecular flexibility index (Phi) is 5.15. The van der Waals surface area contributed by atoms with E-state index < -0.39 is 6.04 Å². The van der Waals surface area contributed by atoms with Crippen molar-refractivity contribution in [1.82, 2.24) is 4.90 Å². The van der Waals surface area contributed by atoms with Crippen LogP contribution in [-0.4, -0.2) is 37.1 Å². The number of piperidine rings is 1. The van der Waals surface area contributed by atoms with E-state index in [1.807, 2.05) is 0 Å². The van der Waals surface area contributed by atoms with Crippen LogP contribution in [0.2, 0.25) is 0 Å². The number of ether oxygens (including phenoxy) is 1. The molecule has 1 aromatic rings. The SMILES string of the molecule is COC(=O)C(N)C1CCCN(Cc2cccc(C)c2)C1. The van der Waals surface area contributed by atoms with Gasteiger partial charge in [-0.25, -0.2) is 0 Å². The molecule has 1 fully saturated rings. The number of rotatable bonds is 4. The van der Waals surface area contributed by atoms with E-state index in [-0.39, 0.29) is 11.9 Å². The summed E-state index contributed by atoms with van der Waals surface area (Å²) in [5.41, 5.74) is 8.58. The molecule has 0 bridgehead atoms. The van der Waals surface area contributed by atoms with Crippen LogP contribution in [0, 0.1) is 12.8 Å². The van der Waals surface area contributed by atoms with Crippen molar-refractivity contribution in [3.05, 3.63) is 35.4 Å². The average molecular weight is 276 g/mol. The Morgan fingerprint density at radius 2 is 2.35 bits per heavy atom. The minimum absolute atomic E-state index is 0.195. The maximum absolute atomic E-state index is 11.6. The lowest BCUT2D eigenvalue weighted by Gasteiger charge is -2.34. The van der Waals surface area contributed by atoms with Crippen LogP contribution in [0.15, 0.2) is 24.3 Å². The van der Waals surface area contributed by atoms with Crippen LogP contribution < -0.4 is 5.73 Å². The number of nitrogens with zero attached hydrogens (tertiary/aromatic N) is 1. The van der Waals surface area contributed by atoms with E-state index in [9.17, 15) is 4.79 Å². The zero-order valence-electron chi connectivity index (χ0n) is 12.3. The van der Waals surface area contributed by atoms with Crippen molar-refractivity contribution in [2.45, 2.75) is 32.4 Å². The van der Waals surface area contributed by atoms with Gasteiger partial charge in [0.1, 0.15) is 6.04 Å². The predicted molar refractivity (Wildman–Crippen MR) is 79.2 cm³/mol. The highest BCUT2D eigenvalue weighted by Crippen LogP contribution is 2.21. The highest BCUT2D eigenvalue weighted by molar-refractivity contribution is 5.75. The van der Waals surface area contributed by atoms with Crippen LogP contribution in [0.4, 0.5) is 0 Å². The summed E-state index contributed by atoms with van der Waals surface area (Å²) in [6.07, 6.45) is 2.09. The number of likely N-dealkylation sites (tertiary alicyclic amines) is 1. The van der Waals surface area contributed by atoms with Gasteiger partial charge in [0.15, 0.2) is 0 Å². The number of nitrogens with two attached hydrogens (primary N) is 1. The van der Waals surface area contributed by atoms with Gasteiger partial charge in [0.05, 0.1) is 7.11 Å². The Bertz CT molecular complexity index is 462. The number of carbonyl (C=O) groups excluding carboxylic acids is 1. The van der Waals surface area contributed by atoms with Gasteiger partial charge in [0, 0.05) is 13.1 Å². The minimum Gasteiger partial charge on any atom is -0.468 e. The van der Waals surface area contributed by atoms with E-state index in [4.69, 9.17) is 10.5 Å². The molecule has 110 valence electrons. The third kappa shape index (κ3) is 3.81. The molecule has 2 N–H and O–H groups in total. The van der Waals surface area contributed by atoms with Gasteiger partial charge < -0.3 is 10.5 Å². The second-order valence-electron chi connectivity index (χ2n) is 5.68. The predicted octanol–water partition coefficient (Wildman–Crippen LogP) is 1.71. The fraction of sp³-hybridized carbons (Fsp3) is 0.562. The Hall–Kier alpha value is -1.39. The second-order valence-corrected chi connectivity index (χ2v) is 5.68. The molecule has 2 rings (SSSR count). The molecule has 0 spiro atoms. The molecule has 1 saturated heterocycles. The second kappa shape index (κ2) is 6.86. The van der Waals surface area contributed by atoms with Gasteiger partial charge in [-0.3, -0.25) is 9.69 Å². The number of hydrogen-bond acceptors (Lipinski definition) is 4. The molecule has 0 radical (unpaired) electrons. The van der Waals surface area contributed by atoms with E-state index in [1.165, 1.54) is 18.2 Å². The van der Waals surface area contributed by atoms with Crippen molar-refractivity contribution in [1.29, 1.82) is 0 Å². The smallest absolute Gasteiger partial charge is 0.322 e. The average Bonchev–Trinajstić information content (AvgIpc) is 2.46. The van der Waals surface area contributed by atoms with Crippen molar-refractivity contribution < 1.29 is 9.53 Å². The molecular formula is C16H24N2O2. The Labute approximate surface area is 120 Å². The molecule has 20 heavy (non-hydrogen) atoms. The number of hydrogen-bond donors (Lipinski definition) is 1. The Balaban J connectivity index is 1.95. The fourth-order valence-electron chi connectivity index (χ4n) is 2.93. The highest BCUT2D eigenvalue weighted by atomic mass is 16.5. The topological polar surface area (TPSA) is 55.6 Å². The first-order chi connectivity index (χ1) is 9.60. The number of aryl methyl sites for hydroxylation is 1. The third-order valence-corrected chi connectivity index (χ3v) is 4.01. The molecule has 0 aliphatic carbocycles. The molecule has 1 aromatic carbocycles. The third-order valence-electron chi connectivity index (χ3n) is 4.01. The lowest BCUT2D eigenvalue weighted by molar-refractivity contribution is -0.144. The normalized spacial score (nSPS) is 21.4. The Morgan fingerprint density at radius 3 is 3.05 bits per heavy atom. The molecule has 2 atom stereocenters. The Morgan fingerprint density at radius 1 is 1.55 bits per heavy atom. The summed E-state index contributed by atoms with van der Waals surface area (Å²) in [5, 5.41) is 0. The van der Waals surface area contributed by atoms with Gasteiger partial charge in [-0.15, -0.1) is 0 Å². The summed E-state index contributed by atoms with van der Waals surface area (Å²) < 4.78 is 4.75. The molecule has 4 heteroatoms. The molecule has 1 heterocycles. The summed E-state index contributed by atoms with van der Waals surface area (Å²) in [4.78, 5) is 13.9. The van der Waals surface area contributed by atoms with Gasteiger partial charge in [-0.2, -0.15) is 0 Å². The molecule has 0 saturated carbocycles. The fourth-order valence-corrected chi connectivity index (χ4v) is 2.93. The zero-order valence-corrected chi connectivity index (χ0v) is 12.3. The van der Waals surface area contributed by atoms with Crippen LogP contribution in [0.25, 0.3) is 0 Å². The number of benzene rings is 1. The molecule has 2 unspecified atom stereocenters. The monoisotopic (exact) mass is 276 g/mol. The van der Waals surface area contributed by atoms with Crippen LogP contribution in [0.1, 0.15) is 24.0 Å². The lowest BCUT2D eigenvalue weighted by Crippen LogP contribution is -2.47. The van der Waals surface area contributed by atoms with Gasteiger partial charge in [0.2, 0.25) is 0 Å². The van der Waals surface area contributed by atoms with Crippen molar-refractivity contribution in [3.63, 3.8) is 0 Å². The molecule has 1 aliphatic heterocycles. The highest BCUT2D eigenvalue weighted by Gasteiger charge is 2.29. The number of esters is 1. The zero-order chi connectivity index (χ0) is 14.5. The minimum atomic E-state index is -0.500. The molecular weight excluding hydrogens is 252 g/mol. The van der Waals surface area contributed by atoms with Gasteiger partial charge in [-0.05, 0) is 37.8 Å². The first kappa shape index (κ1) is 15.0. The van der Waals surface area contributed by atoms with Crippen molar-refractivity contribution in [2.24, 2.45) is 11.7 Å². The molecule has 0 amide bonds. The van der Waals surface area contributed by atoms with Gasteiger partial charge in [0.25, 0.3) is 0 Å².